The van der Waals surface area contributed by atoms with Crippen molar-refractivity contribution >= 4 is 17.0 Å². The second kappa shape index (κ2) is 5.92. The minimum absolute atomic E-state index is 0.194. The van der Waals surface area contributed by atoms with Crippen molar-refractivity contribution in [1.29, 1.82) is 0 Å². The van der Waals surface area contributed by atoms with Gasteiger partial charge in [-0.25, -0.2) is 9.97 Å². The summed E-state index contributed by atoms with van der Waals surface area (Å²) in [5.74, 6) is 1.82. The smallest absolute Gasteiger partial charge is 0.315 e. The minimum atomic E-state index is -0.194. The number of benzene rings is 1. The van der Waals surface area contributed by atoms with Crippen molar-refractivity contribution < 1.29 is 9.53 Å². The Morgan fingerprint density at radius 3 is 3.08 bits per heavy atom. The third-order valence-electron chi connectivity index (χ3n) is 5.31. The van der Waals surface area contributed by atoms with Crippen LogP contribution >= 0.6 is 0 Å². The number of ether oxygens (including phenoxy) is 1. The van der Waals surface area contributed by atoms with Crippen LogP contribution in [0.5, 0.6) is 5.75 Å². The predicted octanol–water partition coefficient (Wildman–Crippen LogP) is 2.94. The van der Waals surface area contributed by atoms with E-state index >= 15 is 0 Å². The molecule has 2 aliphatic heterocycles. The number of nitrogens with zero attached hydrogens (tertiary/aromatic N) is 2. The molecule has 0 saturated carbocycles. The lowest BCUT2D eigenvalue weighted by molar-refractivity contribution is -0.131. The summed E-state index contributed by atoms with van der Waals surface area (Å²) in [6.07, 6.45) is 4.36. The van der Waals surface area contributed by atoms with Gasteiger partial charge in [0.25, 0.3) is 0 Å². The Hall–Kier alpha value is -2.73. The zero-order valence-electron chi connectivity index (χ0n) is 14.6. The Morgan fingerprint density at radius 2 is 2.19 bits per heavy atom. The van der Waals surface area contributed by atoms with E-state index in [1.807, 2.05) is 24.4 Å². The number of carbonyl (C=O) groups is 1. The fourth-order valence-corrected chi connectivity index (χ4v) is 3.95. The van der Waals surface area contributed by atoms with Gasteiger partial charge in [-0.3, -0.25) is 4.79 Å². The van der Waals surface area contributed by atoms with E-state index in [1.165, 1.54) is 0 Å². The van der Waals surface area contributed by atoms with Crippen LogP contribution in [0.25, 0.3) is 22.3 Å². The van der Waals surface area contributed by atoms with Crippen LogP contribution in [-0.2, 0) is 11.2 Å². The van der Waals surface area contributed by atoms with E-state index in [1.54, 1.807) is 0 Å². The third kappa shape index (κ3) is 2.66. The quantitative estimate of drug-likeness (QED) is 0.550. The number of nitrogens with one attached hydrogen (secondary N) is 2. The summed E-state index contributed by atoms with van der Waals surface area (Å²) in [5.41, 5.74) is 4.80. The summed E-state index contributed by atoms with van der Waals surface area (Å²) in [7, 11) is 0. The van der Waals surface area contributed by atoms with E-state index < -0.39 is 0 Å². The number of aromatic amines is 1. The molecule has 6 heteroatoms. The van der Waals surface area contributed by atoms with Gasteiger partial charge in [-0.05, 0) is 56.1 Å². The summed E-state index contributed by atoms with van der Waals surface area (Å²) < 4.78 is 5.17. The largest absolute Gasteiger partial charge is 0.426 e. The van der Waals surface area contributed by atoms with Crippen molar-refractivity contribution in [2.75, 3.05) is 6.54 Å². The molecule has 2 aliphatic rings. The standard InChI is InChI=1S/C20H20N4O2/c1-11-6-13(4-5-21-11)20-22-10-17-16(24-20)9-15(23-17)12-2-3-18-14(7-12)8-19(25)26-18/h2-3,7,9-11,13,21,23H,4-6,8H2,1H3. The third-order valence-corrected chi connectivity index (χ3v) is 5.31. The highest BCUT2D eigenvalue weighted by Crippen LogP contribution is 2.32. The molecular weight excluding hydrogens is 328 g/mol. The molecule has 0 aliphatic carbocycles. The van der Waals surface area contributed by atoms with Crippen LogP contribution in [0, 0.1) is 0 Å². The van der Waals surface area contributed by atoms with Crippen LogP contribution in [-0.4, -0.2) is 33.5 Å². The lowest BCUT2D eigenvalue weighted by Crippen LogP contribution is -2.35. The van der Waals surface area contributed by atoms with E-state index in [4.69, 9.17) is 9.72 Å². The van der Waals surface area contributed by atoms with Crippen LogP contribution in [0.4, 0.5) is 0 Å². The van der Waals surface area contributed by atoms with E-state index in [0.29, 0.717) is 24.1 Å². The van der Waals surface area contributed by atoms with Crippen molar-refractivity contribution in [2.24, 2.45) is 0 Å². The molecule has 0 radical (unpaired) electrons. The fourth-order valence-electron chi connectivity index (χ4n) is 3.95. The first-order chi connectivity index (χ1) is 12.7. The Labute approximate surface area is 151 Å². The summed E-state index contributed by atoms with van der Waals surface area (Å²) >= 11 is 0. The number of H-pyrrole nitrogens is 1. The van der Waals surface area contributed by atoms with Gasteiger partial charge < -0.3 is 15.0 Å². The molecule has 2 N–H and O–H groups in total. The molecular formula is C20H20N4O2. The first-order valence-electron chi connectivity index (χ1n) is 9.09. The average Bonchev–Trinajstić information content (AvgIpc) is 3.22. The Morgan fingerprint density at radius 1 is 1.27 bits per heavy atom. The van der Waals surface area contributed by atoms with Crippen LogP contribution < -0.4 is 10.1 Å². The van der Waals surface area contributed by atoms with Gasteiger partial charge in [0.15, 0.2) is 0 Å². The van der Waals surface area contributed by atoms with Crippen LogP contribution in [0.3, 0.4) is 0 Å². The van der Waals surface area contributed by atoms with Crippen molar-refractivity contribution in [1.82, 2.24) is 20.3 Å². The molecule has 1 saturated heterocycles. The lowest BCUT2D eigenvalue weighted by Gasteiger charge is -2.26. The number of carbonyl (C=O) groups excluding carboxylic acids is 1. The molecule has 0 bridgehead atoms. The first-order valence-corrected chi connectivity index (χ1v) is 9.09. The molecule has 2 atom stereocenters. The van der Waals surface area contributed by atoms with Gasteiger partial charge in [0.2, 0.25) is 0 Å². The number of aromatic nitrogens is 3. The second-order valence-corrected chi connectivity index (χ2v) is 7.26. The van der Waals surface area contributed by atoms with Crippen LogP contribution in [0.2, 0.25) is 0 Å². The van der Waals surface area contributed by atoms with Gasteiger partial charge in [0, 0.05) is 23.2 Å². The van der Waals surface area contributed by atoms with Gasteiger partial charge in [0.1, 0.15) is 11.6 Å². The highest BCUT2D eigenvalue weighted by Gasteiger charge is 2.23. The highest BCUT2D eigenvalue weighted by molar-refractivity contribution is 5.85. The zero-order valence-corrected chi connectivity index (χ0v) is 14.6. The Balaban J connectivity index is 1.49. The number of esters is 1. The molecule has 1 aromatic carbocycles. The van der Waals surface area contributed by atoms with Gasteiger partial charge in [0.05, 0.1) is 23.7 Å². The monoisotopic (exact) mass is 348 g/mol. The van der Waals surface area contributed by atoms with Crippen LogP contribution in [0.1, 0.15) is 37.1 Å². The molecule has 0 amide bonds. The van der Waals surface area contributed by atoms with Gasteiger partial charge in [-0.1, -0.05) is 0 Å². The molecule has 2 unspecified atom stereocenters. The van der Waals surface area contributed by atoms with Crippen molar-refractivity contribution in [3.05, 3.63) is 41.9 Å². The lowest BCUT2D eigenvalue weighted by atomic mass is 9.92. The minimum Gasteiger partial charge on any atom is -0.426 e. The maximum absolute atomic E-state index is 11.4. The number of rotatable bonds is 2. The van der Waals surface area contributed by atoms with E-state index in [2.05, 4.69) is 28.3 Å². The number of fused-ring (bicyclic) bond motifs is 2. The van der Waals surface area contributed by atoms with Crippen molar-refractivity contribution in [2.45, 2.75) is 38.1 Å². The van der Waals surface area contributed by atoms with Gasteiger partial charge >= 0.3 is 5.97 Å². The molecule has 26 heavy (non-hydrogen) atoms. The Kier molecular flexibility index (Phi) is 3.53. The molecule has 132 valence electrons. The topological polar surface area (TPSA) is 79.9 Å². The maximum Gasteiger partial charge on any atom is 0.315 e. The second-order valence-electron chi connectivity index (χ2n) is 7.26. The molecule has 3 aromatic rings. The van der Waals surface area contributed by atoms with Gasteiger partial charge in [-0.2, -0.15) is 0 Å². The number of piperidine rings is 1. The first kappa shape index (κ1) is 15.5. The van der Waals surface area contributed by atoms with Crippen molar-refractivity contribution in [3.8, 4) is 17.0 Å². The molecule has 5 rings (SSSR count). The summed E-state index contributed by atoms with van der Waals surface area (Å²) in [4.78, 5) is 24.3. The number of hydrogen-bond donors (Lipinski definition) is 2. The summed E-state index contributed by atoms with van der Waals surface area (Å²) in [6.45, 7) is 3.23. The SMILES string of the molecule is CC1CC(c2ncc3[nH]c(-c4ccc5c(c4)CC(=O)O5)cc3n2)CCN1. The van der Waals surface area contributed by atoms with E-state index in [-0.39, 0.29) is 5.97 Å². The summed E-state index contributed by atoms with van der Waals surface area (Å²) in [6, 6.07) is 8.39. The van der Waals surface area contributed by atoms with E-state index in [0.717, 1.165) is 53.1 Å². The predicted molar refractivity (Wildman–Crippen MR) is 98.1 cm³/mol. The van der Waals surface area contributed by atoms with Crippen molar-refractivity contribution in [3.63, 3.8) is 0 Å². The van der Waals surface area contributed by atoms with E-state index in [9.17, 15) is 4.79 Å². The Bertz CT molecular complexity index is 1010. The molecule has 4 heterocycles. The highest BCUT2D eigenvalue weighted by atomic mass is 16.5. The van der Waals surface area contributed by atoms with Gasteiger partial charge in [-0.15, -0.1) is 0 Å². The average molecular weight is 348 g/mol. The molecule has 1 fully saturated rings. The molecule has 2 aromatic heterocycles. The zero-order chi connectivity index (χ0) is 17.7. The molecule has 6 nitrogen and oxygen atoms in total. The maximum atomic E-state index is 11.4. The number of hydrogen-bond acceptors (Lipinski definition) is 5. The normalized spacial score (nSPS) is 22.4. The molecule has 0 spiro atoms. The summed E-state index contributed by atoms with van der Waals surface area (Å²) in [5, 5.41) is 3.47. The van der Waals surface area contributed by atoms with Crippen LogP contribution in [0.15, 0.2) is 30.5 Å². The fraction of sp³-hybridized carbons (Fsp3) is 0.350.